The largest absolute Gasteiger partial charge is 0.416 e. The third-order valence-electron chi connectivity index (χ3n) is 2.82. The van der Waals surface area contributed by atoms with E-state index in [0.29, 0.717) is 16.7 Å². The highest BCUT2D eigenvalue weighted by molar-refractivity contribution is 6.05. The van der Waals surface area contributed by atoms with Crippen molar-refractivity contribution in [1.82, 2.24) is 4.98 Å². The lowest BCUT2D eigenvalue weighted by molar-refractivity contribution is -0.137. The van der Waals surface area contributed by atoms with Gasteiger partial charge in [0.15, 0.2) is 6.29 Å². The highest BCUT2D eigenvalue weighted by atomic mass is 19.4. The van der Waals surface area contributed by atoms with E-state index in [9.17, 15) is 13.2 Å². The van der Waals surface area contributed by atoms with Gasteiger partial charge in [0, 0.05) is 22.7 Å². The number of halogens is 3. The van der Waals surface area contributed by atoms with Crippen LogP contribution in [0, 0.1) is 0 Å². The quantitative estimate of drug-likeness (QED) is 0.675. The Morgan fingerprint density at radius 3 is 2.78 bits per heavy atom. The zero-order valence-electron chi connectivity index (χ0n) is 9.05. The van der Waals surface area contributed by atoms with Gasteiger partial charge in [-0.05, 0) is 12.1 Å². The molecule has 0 fully saturated rings. The molecule has 0 saturated heterocycles. The van der Waals surface area contributed by atoms with Crippen molar-refractivity contribution in [3.05, 3.63) is 29.3 Å². The molecule has 1 aliphatic heterocycles. The van der Waals surface area contributed by atoms with Gasteiger partial charge in [-0.2, -0.15) is 13.2 Å². The van der Waals surface area contributed by atoms with Crippen molar-refractivity contribution >= 4 is 22.9 Å². The van der Waals surface area contributed by atoms with Gasteiger partial charge in [-0.3, -0.25) is 10.7 Å². The van der Waals surface area contributed by atoms with E-state index in [4.69, 9.17) is 5.73 Å². The van der Waals surface area contributed by atoms with Crippen LogP contribution in [0.2, 0.25) is 0 Å². The maximum atomic E-state index is 12.6. The van der Waals surface area contributed by atoms with Crippen LogP contribution in [-0.2, 0) is 6.18 Å². The first kappa shape index (κ1) is 11.1. The molecule has 0 aliphatic carbocycles. The number of hydrogen-bond donors (Lipinski definition) is 3. The summed E-state index contributed by atoms with van der Waals surface area (Å²) in [5.41, 5.74) is 6.00. The Labute approximate surface area is 99.7 Å². The number of nitrogens with zero attached hydrogens (tertiary/aromatic N) is 1. The molecule has 2 aromatic rings. The second-order valence-electron chi connectivity index (χ2n) is 4.04. The molecule has 4 nitrogen and oxygen atoms in total. The van der Waals surface area contributed by atoms with Crippen molar-refractivity contribution in [1.29, 1.82) is 0 Å². The van der Waals surface area contributed by atoms with Gasteiger partial charge < -0.3 is 10.3 Å². The first-order chi connectivity index (χ1) is 8.45. The van der Waals surface area contributed by atoms with Gasteiger partial charge in [0.1, 0.15) is 5.82 Å². The summed E-state index contributed by atoms with van der Waals surface area (Å²) in [6.07, 6.45) is -3.37. The topological polar surface area (TPSA) is 66.2 Å². The van der Waals surface area contributed by atoms with E-state index in [-0.39, 0.29) is 0 Å². The van der Waals surface area contributed by atoms with Crippen molar-refractivity contribution in [2.45, 2.75) is 12.5 Å². The van der Waals surface area contributed by atoms with Crippen molar-refractivity contribution in [3.63, 3.8) is 0 Å². The number of H-pyrrole nitrogens is 1. The van der Waals surface area contributed by atoms with Crippen LogP contribution in [0.25, 0.3) is 10.9 Å². The molecule has 0 bridgehead atoms. The monoisotopic (exact) mass is 254 g/mol. The fourth-order valence-corrected chi connectivity index (χ4v) is 1.98. The summed E-state index contributed by atoms with van der Waals surface area (Å²) < 4.78 is 37.8. The fourth-order valence-electron chi connectivity index (χ4n) is 1.98. The first-order valence-corrected chi connectivity index (χ1v) is 5.23. The molecule has 0 amide bonds. The van der Waals surface area contributed by atoms with Crippen molar-refractivity contribution in [2.24, 2.45) is 10.7 Å². The molecule has 0 spiro atoms. The number of rotatable bonds is 0. The van der Waals surface area contributed by atoms with E-state index in [2.05, 4.69) is 15.3 Å². The summed E-state index contributed by atoms with van der Waals surface area (Å²) in [4.78, 5) is 6.84. The van der Waals surface area contributed by atoms with Crippen LogP contribution in [0.3, 0.4) is 0 Å². The minimum atomic E-state index is -4.35. The third kappa shape index (κ3) is 1.63. The Morgan fingerprint density at radius 1 is 1.28 bits per heavy atom. The number of nitrogens with two attached hydrogens (primary N) is 1. The zero-order chi connectivity index (χ0) is 12.9. The third-order valence-corrected chi connectivity index (χ3v) is 2.82. The molecule has 0 unspecified atom stereocenters. The molecule has 94 valence electrons. The predicted octanol–water partition coefficient (Wildman–Crippen LogP) is 2.27. The number of alkyl halides is 3. The summed E-state index contributed by atoms with van der Waals surface area (Å²) in [7, 11) is 0. The number of anilines is 1. The maximum absolute atomic E-state index is 12.6. The average Bonchev–Trinajstić information content (AvgIpc) is 2.63. The molecule has 3 rings (SSSR count). The second-order valence-corrected chi connectivity index (χ2v) is 4.04. The number of nitrogens with one attached hydrogen (secondary N) is 2. The van der Waals surface area contributed by atoms with Gasteiger partial charge >= 0.3 is 6.18 Å². The minimum absolute atomic E-state index is 0.405. The first-order valence-electron chi connectivity index (χ1n) is 5.23. The molecule has 1 aliphatic rings. The van der Waals surface area contributed by atoms with Crippen molar-refractivity contribution < 1.29 is 13.2 Å². The smallest absolute Gasteiger partial charge is 0.341 e. The van der Waals surface area contributed by atoms with E-state index >= 15 is 0 Å². The number of hydrogen-bond acceptors (Lipinski definition) is 3. The van der Waals surface area contributed by atoms with Crippen LogP contribution < -0.4 is 11.1 Å². The molecule has 4 N–H and O–H groups in total. The van der Waals surface area contributed by atoms with Gasteiger partial charge in [-0.15, -0.1) is 0 Å². The SMILES string of the molecule is N[C@@H]1N=Cc2c([nH]c3cc(C(F)(F)F)ccc23)N1. The predicted molar refractivity (Wildman–Crippen MR) is 62.5 cm³/mol. The number of aromatic nitrogens is 1. The number of aromatic amines is 1. The van der Waals surface area contributed by atoms with Crippen LogP contribution in [0.5, 0.6) is 0 Å². The van der Waals surface area contributed by atoms with Gasteiger partial charge in [-0.25, -0.2) is 0 Å². The Balaban J connectivity index is 2.18. The average molecular weight is 254 g/mol. The van der Waals surface area contributed by atoms with E-state index in [1.807, 2.05) is 0 Å². The molecule has 0 saturated carbocycles. The molecule has 1 aromatic heterocycles. The maximum Gasteiger partial charge on any atom is 0.416 e. The Morgan fingerprint density at radius 2 is 2.06 bits per heavy atom. The van der Waals surface area contributed by atoms with Crippen LogP contribution in [0.1, 0.15) is 11.1 Å². The Kier molecular flexibility index (Phi) is 2.15. The van der Waals surface area contributed by atoms with E-state index < -0.39 is 18.0 Å². The summed E-state index contributed by atoms with van der Waals surface area (Å²) in [5, 5.41) is 3.53. The standard InChI is InChI=1S/C11H9F3N4/c12-11(13,14)5-1-2-6-7-4-16-10(15)18-9(7)17-8(6)3-5/h1-4,10,17-18H,15H2/t10-/m1/s1. The zero-order valence-corrected chi connectivity index (χ0v) is 9.05. The normalized spacial score (nSPS) is 18.8. The summed E-state index contributed by atoms with van der Waals surface area (Å²) >= 11 is 0. The minimum Gasteiger partial charge on any atom is -0.341 e. The van der Waals surface area contributed by atoms with Crippen LogP contribution in [-0.4, -0.2) is 17.5 Å². The molecule has 0 radical (unpaired) electrons. The van der Waals surface area contributed by atoms with E-state index in [1.54, 1.807) is 6.21 Å². The number of benzene rings is 1. The number of aliphatic imine (C=N–C) groups is 1. The summed E-state index contributed by atoms with van der Waals surface area (Å²) in [6, 6.07) is 3.56. The highest BCUT2D eigenvalue weighted by Crippen LogP contribution is 2.34. The lowest BCUT2D eigenvalue weighted by Gasteiger charge is -2.14. The molecule has 1 atom stereocenters. The van der Waals surface area contributed by atoms with Gasteiger partial charge in [-0.1, -0.05) is 6.07 Å². The van der Waals surface area contributed by atoms with E-state index in [1.165, 1.54) is 6.07 Å². The highest BCUT2D eigenvalue weighted by Gasteiger charge is 2.31. The molecular weight excluding hydrogens is 245 g/mol. The van der Waals surface area contributed by atoms with Crippen LogP contribution >= 0.6 is 0 Å². The van der Waals surface area contributed by atoms with Crippen molar-refractivity contribution in [2.75, 3.05) is 5.32 Å². The Bertz CT molecular complexity index is 642. The fraction of sp³-hybridized carbons (Fsp3) is 0.182. The van der Waals surface area contributed by atoms with Gasteiger partial charge in [0.2, 0.25) is 0 Å². The Hall–Kier alpha value is -2.02. The lowest BCUT2D eigenvalue weighted by Crippen LogP contribution is -2.30. The summed E-state index contributed by atoms with van der Waals surface area (Å²) in [6.45, 7) is 0. The molecular formula is C11H9F3N4. The van der Waals surface area contributed by atoms with Crippen molar-refractivity contribution in [3.8, 4) is 0 Å². The molecule has 2 heterocycles. The van der Waals surface area contributed by atoms with Gasteiger partial charge in [0.05, 0.1) is 5.56 Å². The molecule has 1 aromatic carbocycles. The number of fused-ring (bicyclic) bond motifs is 3. The van der Waals surface area contributed by atoms with Crippen LogP contribution in [0.4, 0.5) is 19.0 Å². The summed E-state index contributed by atoms with van der Waals surface area (Å²) in [5.74, 6) is 0.590. The molecule has 18 heavy (non-hydrogen) atoms. The van der Waals surface area contributed by atoms with E-state index in [0.717, 1.165) is 17.7 Å². The lowest BCUT2D eigenvalue weighted by atomic mass is 10.1. The molecule has 7 heteroatoms. The van der Waals surface area contributed by atoms with Gasteiger partial charge in [0.25, 0.3) is 0 Å². The second kappa shape index (κ2) is 3.49. The van der Waals surface area contributed by atoms with Crippen LogP contribution in [0.15, 0.2) is 23.2 Å².